The normalized spacial score (nSPS) is 12.6. The van der Waals surface area contributed by atoms with Crippen LogP contribution >= 0.6 is 11.6 Å². The molecule has 2 heterocycles. The van der Waals surface area contributed by atoms with Crippen molar-refractivity contribution < 1.29 is 0 Å². The lowest BCUT2D eigenvalue weighted by Gasteiger charge is -2.18. The summed E-state index contributed by atoms with van der Waals surface area (Å²) in [5.74, 6) is 0. The van der Waals surface area contributed by atoms with E-state index in [0.29, 0.717) is 6.04 Å². The Labute approximate surface area is 131 Å². The average Bonchev–Trinajstić information content (AvgIpc) is 2.72. The van der Waals surface area contributed by atoms with E-state index in [1.807, 2.05) is 32.3 Å². The zero-order chi connectivity index (χ0) is 15.2. The van der Waals surface area contributed by atoms with Crippen LogP contribution in [0.1, 0.15) is 30.3 Å². The lowest BCUT2D eigenvalue weighted by molar-refractivity contribution is 0.499. The fourth-order valence-electron chi connectivity index (χ4n) is 2.49. The third-order valence-corrected chi connectivity index (χ3v) is 4.06. The Balaban J connectivity index is 2.12. The van der Waals surface area contributed by atoms with E-state index in [0.717, 1.165) is 47.9 Å². The number of aromatic nitrogens is 3. The Morgan fingerprint density at radius 1 is 1.33 bits per heavy atom. The molecule has 0 spiro atoms. The van der Waals surface area contributed by atoms with Gasteiger partial charge in [-0.05, 0) is 38.4 Å². The van der Waals surface area contributed by atoms with Gasteiger partial charge in [0.25, 0.3) is 0 Å². The van der Waals surface area contributed by atoms with Gasteiger partial charge in [0.1, 0.15) is 5.15 Å². The Morgan fingerprint density at radius 2 is 2.14 bits per heavy atom. The summed E-state index contributed by atoms with van der Waals surface area (Å²) < 4.78 is 1.74. The van der Waals surface area contributed by atoms with Gasteiger partial charge in [-0.2, -0.15) is 5.10 Å². The molecule has 1 atom stereocenters. The SMILES string of the molecule is CCCNC(Cc1ccccn1)Cc1c(C)nn(C)c1Cl. The maximum atomic E-state index is 6.35. The number of nitrogens with zero attached hydrogens (tertiary/aromatic N) is 3. The summed E-state index contributed by atoms with van der Waals surface area (Å²) in [4.78, 5) is 4.42. The van der Waals surface area contributed by atoms with Crippen LogP contribution in [0.15, 0.2) is 24.4 Å². The molecule has 0 aliphatic rings. The minimum atomic E-state index is 0.320. The summed E-state index contributed by atoms with van der Waals surface area (Å²) in [6.07, 6.45) is 4.72. The zero-order valence-corrected chi connectivity index (χ0v) is 13.7. The number of hydrogen-bond donors (Lipinski definition) is 1. The number of pyridine rings is 1. The van der Waals surface area contributed by atoms with Crippen molar-refractivity contribution in [2.75, 3.05) is 6.54 Å². The highest BCUT2D eigenvalue weighted by atomic mass is 35.5. The van der Waals surface area contributed by atoms with Crippen molar-refractivity contribution in [3.63, 3.8) is 0 Å². The fourth-order valence-corrected chi connectivity index (χ4v) is 2.74. The highest BCUT2D eigenvalue weighted by molar-refractivity contribution is 6.30. The van der Waals surface area contributed by atoms with E-state index in [2.05, 4.69) is 28.4 Å². The first-order chi connectivity index (χ1) is 10.1. The van der Waals surface area contributed by atoms with Gasteiger partial charge in [-0.1, -0.05) is 24.6 Å². The highest BCUT2D eigenvalue weighted by Crippen LogP contribution is 2.21. The largest absolute Gasteiger partial charge is 0.313 e. The highest BCUT2D eigenvalue weighted by Gasteiger charge is 2.17. The summed E-state index contributed by atoms with van der Waals surface area (Å²) >= 11 is 6.35. The Bertz CT molecular complexity index is 565. The molecule has 4 nitrogen and oxygen atoms in total. The number of nitrogens with one attached hydrogen (secondary N) is 1. The van der Waals surface area contributed by atoms with E-state index in [4.69, 9.17) is 11.6 Å². The molecule has 1 unspecified atom stereocenters. The molecule has 2 aromatic rings. The van der Waals surface area contributed by atoms with Gasteiger partial charge in [0.15, 0.2) is 0 Å². The molecule has 2 rings (SSSR count). The monoisotopic (exact) mass is 306 g/mol. The maximum Gasteiger partial charge on any atom is 0.130 e. The van der Waals surface area contributed by atoms with Crippen molar-refractivity contribution in [2.45, 2.75) is 39.2 Å². The van der Waals surface area contributed by atoms with Crippen molar-refractivity contribution in [3.8, 4) is 0 Å². The molecule has 0 radical (unpaired) electrons. The molecular formula is C16H23ClN4. The number of halogens is 1. The molecule has 0 aliphatic carbocycles. The van der Waals surface area contributed by atoms with E-state index in [-0.39, 0.29) is 0 Å². The molecular weight excluding hydrogens is 284 g/mol. The average molecular weight is 307 g/mol. The summed E-state index contributed by atoms with van der Waals surface area (Å²) in [5, 5.41) is 8.72. The molecule has 0 saturated carbocycles. The van der Waals surface area contributed by atoms with Crippen LogP contribution in [-0.2, 0) is 19.9 Å². The lowest BCUT2D eigenvalue weighted by atomic mass is 10.0. The third-order valence-electron chi connectivity index (χ3n) is 3.59. The van der Waals surface area contributed by atoms with E-state index >= 15 is 0 Å². The summed E-state index contributed by atoms with van der Waals surface area (Å²) in [7, 11) is 1.88. The molecule has 0 fully saturated rings. The van der Waals surface area contributed by atoms with Crippen molar-refractivity contribution in [1.29, 1.82) is 0 Å². The van der Waals surface area contributed by atoms with Crippen molar-refractivity contribution in [2.24, 2.45) is 7.05 Å². The standard InChI is InChI=1S/C16H23ClN4/c1-4-8-18-14(10-13-7-5-6-9-19-13)11-15-12(2)20-21(3)16(15)17/h5-7,9,14,18H,4,8,10-11H2,1-3H3. The maximum absolute atomic E-state index is 6.35. The smallest absolute Gasteiger partial charge is 0.130 e. The van der Waals surface area contributed by atoms with E-state index in [1.165, 1.54) is 0 Å². The van der Waals surface area contributed by atoms with Gasteiger partial charge in [0.05, 0.1) is 5.69 Å². The van der Waals surface area contributed by atoms with Crippen molar-refractivity contribution in [1.82, 2.24) is 20.1 Å². The molecule has 0 amide bonds. The fraction of sp³-hybridized carbons (Fsp3) is 0.500. The summed E-state index contributed by atoms with van der Waals surface area (Å²) in [6.45, 7) is 5.18. The van der Waals surface area contributed by atoms with E-state index < -0.39 is 0 Å². The van der Waals surface area contributed by atoms with Gasteiger partial charge in [0, 0.05) is 37.0 Å². The topological polar surface area (TPSA) is 42.7 Å². The van der Waals surface area contributed by atoms with E-state index in [1.54, 1.807) is 4.68 Å². The minimum absolute atomic E-state index is 0.320. The van der Waals surface area contributed by atoms with Crippen molar-refractivity contribution in [3.05, 3.63) is 46.5 Å². The predicted molar refractivity (Wildman–Crippen MR) is 86.7 cm³/mol. The quantitative estimate of drug-likeness (QED) is 0.855. The molecule has 2 aromatic heterocycles. The Kier molecular flexibility index (Phi) is 5.76. The van der Waals surface area contributed by atoms with Gasteiger partial charge >= 0.3 is 0 Å². The van der Waals surface area contributed by atoms with Crippen LogP contribution in [0.25, 0.3) is 0 Å². The Hall–Kier alpha value is -1.39. The van der Waals surface area contributed by atoms with Gasteiger partial charge < -0.3 is 5.32 Å². The Morgan fingerprint density at radius 3 is 2.71 bits per heavy atom. The van der Waals surface area contributed by atoms with Crippen molar-refractivity contribution >= 4 is 11.6 Å². The first-order valence-electron chi connectivity index (χ1n) is 7.43. The first kappa shape index (κ1) is 16.0. The zero-order valence-electron chi connectivity index (χ0n) is 12.9. The molecule has 114 valence electrons. The molecule has 0 bridgehead atoms. The van der Waals surface area contributed by atoms with Crippen LogP contribution in [-0.4, -0.2) is 27.4 Å². The van der Waals surface area contributed by atoms with Gasteiger partial charge in [-0.15, -0.1) is 0 Å². The predicted octanol–water partition coefficient (Wildman–Crippen LogP) is 2.93. The summed E-state index contributed by atoms with van der Waals surface area (Å²) in [5.41, 5.74) is 3.24. The van der Waals surface area contributed by atoms with Gasteiger partial charge in [-0.3, -0.25) is 9.67 Å². The lowest BCUT2D eigenvalue weighted by Crippen LogP contribution is -2.34. The molecule has 1 N–H and O–H groups in total. The second kappa shape index (κ2) is 7.57. The molecule has 0 aromatic carbocycles. The minimum Gasteiger partial charge on any atom is -0.313 e. The van der Waals surface area contributed by atoms with Gasteiger partial charge in [-0.25, -0.2) is 0 Å². The third kappa shape index (κ3) is 4.29. The van der Waals surface area contributed by atoms with Crippen LogP contribution in [0.2, 0.25) is 5.15 Å². The van der Waals surface area contributed by atoms with Crippen LogP contribution < -0.4 is 5.32 Å². The van der Waals surface area contributed by atoms with Crippen LogP contribution in [0.3, 0.4) is 0 Å². The second-order valence-electron chi connectivity index (χ2n) is 5.36. The van der Waals surface area contributed by atoms with Crippen LogP contribution in [0.4, 0.5) is 0 Å². The number of hydrogen-bond acceptors (Lipinski definition) is 3. The molecule has 0 aliphatic heterocycles. The number of aryl methyl sites for hydroxylation is 2. The molecule has 21 heavy (non-hydrogen) atoms. The summed E-state index contributed by atoms with van der Waals surface area (Å²) in [6, 6.07) is 6.36. The second-order valence-corrected chi connectivity index (χ2v) is 5.72. The molecule has 5 heteroatoms. The number of rotatable bonds is 7. The first-order valence-corrected chi connectivity index (χ1v) is 7.80. The van der Waals surface area contributed by atoms with Gasteiger partial charge in [0.2, 0.25) is 0 Å². The van der Waals surface area contributed by atoms with E-state index in [9.17, 15) is 0 Å². The van der Waals surface area contributed by atoms with Crippen LogP contribution in [0, 0.1) is 6.92 Å². The van der Waals surface area contributed by atoms with Crippen LogP contribution in [0.5, 0.6) is 0 Å². The molecule has 0 saturated heterocycles.